The Bertz CT molecular complexity index is 515. The minimum absolute atomic E-state index is 0.0587. The molecule has 0 aliphatic heterocycles. The lowest BCUT2D eigenvalue weighted by molar-refractivity contribution is -0.140. The molecule has 0 fully saturated rings. The second-order valence-corrected chi connectivity index (χ2v) is 5.35. The summed E-state index contributed by atoms with van der Waals surface area (Å²) in [5, 5.41) is 2.55. The van der Waals surface area contributed by atoms with Gasteiger partial charge in [0.1, 0.15) is 19.8 Å². The van der Waals surface area contributed by atoms with Crippen LogP contribution < -0.4 is 5.32 Å². The van der Waals surface area contributed by atoms with Gasteiger partial charge in [0.25, 0.3) is 0 Å². The number of ether oxygens (including phenoxy) is 4. The first-order valence-corrected chi connectivity index (χ1v) is 7.49. The van der Waals surface area contributed by atoms with Crippen LogP contribution in [0.2, 0.25) is 0 Å². The fourth-order valence-electron chi connectivity index (χ4n) is 1.45. The first-order chi connectivity index (χ1) is 11.7. The lowest BCUT2D eigenvalue weighted by Gasteiger charge is -2.29. The van der Waals surface area contributed by atoms with Crippen molar-refractivity contribution in [1.82, 2.24) is 5.32 Å². The Labute approximate surface area is 147 Å². The maximum absolute atomic E-state index is 11.9. The molecule has 8 heteroatoms. The van der Waals surface area contributed by atoms with Gasteiger partial charge in [0.2, 0.25) is 0 Å². The lowest BCUT2D eigenvalue weighted by atomic mass is 10.1. The monoisotopic (exact) mass is 355 g/mol. The highest BCUT2D eigenvalue weighted by Crippen LogP contribution is 2.07. The molecule has 0 saturated heterocycles. The summed E-state index contributed by atoms with van der Waals surface area (Å²) in [6, 6.07) is 0. The summed E-state index contributed by atoms with van der Waals surface area (Å²) >= 11 is 0. The van der Waals surface area contributed by atoms with E-state index in [1.54, 1.807) is 13.0 Å². The van der Waals surface area contributed by atoms with Crippen molar-refractivity contribution in [2.75, 3.05) is 33.0 Å². The van der Waals surface area contributed by atoms with Crippen LogP contribution in [0.1, 0.15) is 13.8 Å². The number of hydrogen-bond donors (Lipinski definition) is 1. The second kappa shape index (κ2) is 11.9. The van der Waals surface area contributed by atoms with Gasteiger partial charge in [-0.3, -0.25) is 0 Å². The van der Waals surface area contributed by atoms with Gasteiger partial charge in [-0.05, 0) is 13.8 Å². The maximum Gasteiger partial charge on any atom is 0.407 e. The third-order valence-corrected chi connectivity index (χ3v) is 2.66. The Morgan fingerprint density at radius 1 is 1.08 bits per heavy atom. The van der Waals surface area contributed by atoms with E-state index < -0.39 is 23.6 Å². The summed E-state index contributed by atoms with van der Waals surface area (Å²) in [5.74, 6) is -1.19. The minimum atomic E-state index is -1.02. The number of alkyl carbamates (subject to hydrolysis) is 1. The van der Waals surface area contributed by atoms with Crippen LogP contribution in [0.15, 0.2) is 37.5 Å². The Morgan fingerprint density at radius 2 is 1.72 bits per heavy atom. The van der Waals surface area contributed by atoms with Crippen molar-refractivity contribution >= 4 is 18.0 Å². The van der Waals surface area contributed by atoms with Gasteiger partial charge in [0, 0.05) is 11.6 Å². The zero-order valence-electron chi connectivity index (χ0n) is 14.7. The van der Waals surface area contributed by atoms with Crippen molar-refractivity contribution in [3.05, 3.63) is 37.5 Å². The normalized spacial score (nSPS) is 12.2. The van der Waals surface area contributed by atoms with Gasteiger partial charge in [-0.2, -0.15) is 0 Å². The van der Waals surface area contributed by atoms with Crippen LogP contribution in [0.5, 0.6) is 0 Å². The first kappa shape index (κ1) is 22.4. The molecule has 0 saturated carbocycles. The highest BCUT2D eigenvalue weighted by Gasteiger charge is 2.29. The van der Waals surface area contributed by atoms with E-state index in [9.17, 15) is 14.4 Å². The number of carbonyl (C=O) groups is 3. The molecule has 1 unspecified atom stereocenters. The van der Waals surface area contributed by atoms with Crippen LogP contribution in [0, 0.1) is 0 Å². The number of hydrogen-bond acceptors (Lipinski definition) is 7. The van der Waals surface area contributed by atoms with E-state index in [2.05, 4.69) is 25.1 Å². The molecule has 0 spiro atoms. The van der Waals surface area contributed by atoms with Crippen molar-refractivity contribution in [3.8, 4) is 0 Å². The largest absolute Gasteiger partial charge is 0.460 e. The molecule has 0 radical (unpaired) electrons. The number of carbonyl (C=O) groups excluding carboxylic acids is 3. The summed E-state index contributed by atoms with van der Waals surface area (Å²) in [4.78, 5) is 34.2. The molecule has 0 aromatic heterocycles. The number of nitrogens with one attached hydrogen (secondary N) is 1. The van der Waals surface area contributed by atoms with Crippen molar-refractivity contribution < 1.29 is 33.3 Å². The molecule has 0 rings (SSSR count). The summed E-state index contributed by atoms with van der Waals surface area (Å²) in [6.07, 6.45) is 1.79. The van der Waals surface area contributed by atoms with E-state index in [-0.39, 0.29) is 38.6 Å². The quantitative estimate of drug-likeness (QED) is 0.186. The van der Waals surface area contributed by atoms with Gasteiger partial charge >= 0.3 is 18.0 Å². The summed E-state index contributed by atoms with van der Waals surface area (Å²) < 4.78 is 20.0. The zero-order valence-corrected chi connectivity index (χ0v) is 14.7. The number of esters is 2. The number of rotatable bonds is 12. The summed E-state index contributed by atoms with van der Waals surface area (Å²) in [5.41, 5.74) is -0.770. The van der Waals surface area contributed by atoms with Gasteiger partial charge in [-0.15, -0.1) is 6.58 Å². The van der Waals surface area contributed by atoms with E-state index in [1.165, 1.54) is 6.92 Å². The highest BCUT2D eigenvalue weighted by atomic mass is 16.6. The predicted octanol–water partition coefficient (Wildman–Crippen LogP) is 1.52. The Kier molecular flexibility index (Phi) is 10.6. The van der Waals surface area contributed by atoms with E-state index >= 15 is 0 Å². The molecular weight excluding hydrogens is 330 g/mol. The van der Waals surface area contributed by atoms with Gasteiger partial charge < -0.3 is 24.3 Å². The van der Waals surface area contributed by atoms with Gasteiger partial charge in [0.15, 0.2) is 0 Å². The molecule has 1 amide bonds. The van der Waals surface area contributed by atoms with Crippen LogP contribution in [-0.2, 0) is 28.5 Å². The molecular formula is C17H25NO7. The van der Waals surface area contributed by atoms with Crippen molar-refractivity contribution in [2.45, 2.75) is 19.4 Å². The van der Waals surface area contributed by atoms with E-state index in [1.807, 2.05) is 0 Å². The van der Waals surface area contributed by atoms with Crippen molar-refractivity contribution in [3.63, 3.8) is 0 Å². The number of amides is 1. The fourth-order valence-corrected chi connectivity index (χ4v) is 1.45. The fraction of sp³-hybridized carbons (Fsp3) is 0.471. The van der Waals surface area contributed by atoms with E-state index in [4.69, 9.17) is 18.9 Å². The molecule has 0 aliphatic rings. The van der Waals surface area contributed by atoms with Crippen LogP contribution >= 0.6 is 0 Å². The second-order valence-electron chi connectivity index (χ2n) is 5.35. The molecule has 0 aromatic carbocycles. The molecule has 25 heavy (non-hydrogen) atoms. The third kappa shape index (κ3) is 10.7. The van der Waals surface area contributed by atoms with Crippen LogP contribution in [0.3, 0.4) is 0 Å². The molecule has 0 heterocycles. The molecule has 0 aliphatic carbocycles. The SMILES string of the molecule is C=CCOCC(C)(COC(=O)C=C)NC(=O)OCCOC(=O)C(=C)C. The molecule has 0 bridgehead atoms. The van der Waals surface area contributed by atoms with Crippen LogP contribution in [0.4, 0.5) is 4.79 Å². The van der Waals surface area contributed by atoms with E-state index in [0.717, 1.165) is 6.08 Å². The van der Waals surface area contributed by atoms with Gasteiger partial charge in [-0.25, -0.2) is 14.4 Å². The molecule has 1 atom stereocenters. The van der Waals surface area contributed by atoms with E-state index in [0.29, 0.717) is 0 Å². The van der Waals surface area contributed by atoms with Crippen LogP contribution in [-0.4, -0.2) is 56.6 Å². The molecule has 140 valence electrons. The topological polar surface area (TPSA) is 100 Å². The summed E-state index contributed by atoms with van der Waals surface area (Å²) in [6.45, 7) is 13.3. The Morgan fingerprint density at radius 3 is 2.28 bits per heavy atom. The standard InChI is InChI=1S/C17H25NO7/c1-6-8-22-11-17(5,12-25-14(19)7-2)18-16(21)24-10-9-23-15(20)13(3)4/h6-7H,1-3,8-12H2,4-5H3,(H,18,21). The highest BCUT2D eigenvalue weighted by molar-refractivity contribution is 5.86. The van der Waals surface area contributed by atoms with Gasteiger partial charge in [0.05, 0.1) is 18.8 Å². The van der Waals surface area contributed by atoms with Crippen molar-refractivity contribution in [2.24, 2.45) is 0 Å². The molecule has 8 nitrogen and oxygen atoms in total. The predicted molar refractivity (Wildman–Crippen MR) is 90.8 cm³/mol. The lowest BCUT2D eigenvalue weighted by Crippen LogP contribution is -2.53. The first-order valence-electron chi connectivity index (χ1n) is 7.49. The van der Waals surface area contributed by atoms with Crippen LogP contribution in [0.25, 0.3) is 0 Å². The minimum Gasteiger partial charge on any atom is -0.460 e. The molecule has 1 N–H and O–H groups in total. The smallest absolute Gasteiger partial charge is 0.407 e. The Hall–Kier alpha value is -2.61. The average molecular weight is 355 g/mol. The molecule has 0 aromatic rings. The third-order valence-electron chi connectivity index (χ3n) is 2.66. The Balaban J connectivity index is 4.44. The zero-order chi connectivity index (χ0) is 19.3. The average Bonchev–Trinajstić information content (AvgIpc) is 2.56. The van der Waals surface area contributed by atoms with Gasteiger partial charge in [-0.1, -0.05) is 19.2 Å². The van der Waals surface area contributed by atoms with Crippen molar-refractivity contribution in [1.29, 1.82) is 0 Å². The maximum atomic E-state index is 11.9. The summed E-state index contributed by atoms with van der Waals surface area (Å²) in [7, 11) is 0.